The third-order valence-electron chi connectivity index (χ3n) is 8.54. The second-order valence-electron chi connectivity index (χ2n) is 11.6. The average molecular weight is 601 g/mol. The van der Waals surface area contributed by atoms with E-state index in [1.807, 2.05) is 30.3 Å². The Morgan fingerprint density at radius 3 is 2.00 bits per heavy atom. The molecule has 1 saturated carbocycles. The Morgan fingerprint density at radius 2 is 1.36 bits per heavy atom. The zero-order chi connectivity index (χ0) is 30.8. The van der Waals surface area contributed by atoms with Gasteiger partial charge in [0.1, 0.15) is 5.75 Å². The van der Waals surface area contributed by atoms with Crippen molar-refractivity contribution in [3.05, 3.63) is 144 Å². The Labute approximate surface area is 264 Å². The topological polar surface area (TPSA) is 95.5 Å². The lowest BCUT2D eigenvalue weighted by Gasteiger charge is -2.33. The number of nitrogens with one attached hydrogen (secondary N) is 3. The molecule has 0 aliphatic heterocycles. The number of aliphatic hydroxyl groups excluding tert-OH is 1. The van der Waals surface area contributed by atoms with Gasteiger partial charge in [0, 0.05) is 43.1 Å². The Hall–Kier alpha value is -4.56. The maximum atomic E-state index is 13.3. The van der Waals surface area contributed by atoms with Crippen LogP contribution in [-0.4, -0.2) is 41.2 Å². The predicted octanol–water partition coefficient (Wildman–Crippen LogP) is 6.31. The molecule has 0 saturated heterocycles. The quantitative estimate of drug-likeness (QED) is 0.0990. The SMILES string of the molecule is O=C(NCCNC1CCC(NC(c2ccccc2)c2ccccc2)CC1)c1cc2ccccc2cc1OC(O)c1cccnc1. The largest absolute Gasteiger partial charge is 0.460 e. The minimum absolute atomic E-state index is 0.173. The number of amides is 1. The van der Waals surface area contributed by atoms with Crippen LogP contribution in [0.15, 0.2) is 122 Å². The highest BCUT2D eigenvalue weighted by atomic mass is 16.6. The number of carbonyl (C=O) groups is 1. The van der Waals surface area contributed by atoms with E-state index < -0.39 is 6.29 Å². The van der Waals surface area contributed by atoms with E-state index in [0.717, 1.165) is 36.5 Å². The Bertz CT molecular complexity index is 1620. The van der Waals surface area contributed by atoms with E-state index in [-0.39, 0.29) is 11.9 Å². The number of nitrogens with zero attached hydrogens (tertiary/aromatic N) is 1. The zero-order valence-corrected chi connectivity index (χ0v) is 25.3. The lowest BCUT2D eigenvalue weighted by Crippen LogP contribution is -2.43. The molecule has 6 rings (SSSR count). The van der Waals surface area contributed by atoms with Crippen molar-refractivity contribution in [1.29, 1.82) is 0 Å². The second kappa shape index (κ2) is 14.9. The monoisotopic (exact) mass is 600 g/mol. The molecule has 1 aliphatic rings. The van der Waals surface area contributed by atoms with E-state index in [0.29, 0.717) is 42.0 Å². The molecule has 4 aromatic carbocycles. The first kappa shape index (κ1) is 30.5. The van der Waals surface area contributed by atoms with Gasteiger partial charge in [-0.3, -0.25) is 9.78 Å². The van der Waals surface area contributed by atoms with Crippen LogP contribution in [0, 0.1) is 0 Å². The lowest BCUT2D eigenvalue weighted by molar-refractivity contribution is -0.0200. The molecule has 0 spiro atoms. The summed E-state index contributed by atoms with van der Waals surface area (Å²) in [5, 5.41) is 23.2. The van der Waals surface area contributed by atoms with Crippen molar-refractivity contribution in [2.75, 3.05) is 13.1 Å². The van der Waals surface area contributed by atoms with Crippen LogP contribution in [-0.2, 0) is 0 Å². The van der Waals surface area contributed by atoms with E-state index in [4.69, 9.17) is 4.74 Å². The molecule has 1 unspecified atom stereocenters. The number of rotatable bonds is 12. The van der Waals surface area contributed by atoms with Gasteiger partial charge in [0.05, 0.1) is 11.6 Å². The summed E-state index contributed by atoms with van der Waals surface area (Å²) >= 11 is 0. The normalized spacial score (nSPS) is 17.2. The molecule has 1 aromatic heterocycles. The smallest absolute Gasteiger partial charge is 0.255 e. The highest BCUT2D eigenvalue weighted by Gasteiger charge is 2.25. The first-order chi connectivity index (χ1) is 22.1. The second-order valence-corrected chi connectivity index (χ2v) is 11.6. The Morgan fingerprint density at radius 1 is 0.756 bits per heavy atom. The highest BCUT2D eigenvalue weighted by Crippen LogP contribution is 2.30. The van der Waals surface area contributed by atoms with Gasteiger partial charge in [-0.15, -0.1) is 0 Å². The van der Waals surface area contributed by atoms with Gasteiger partial charge >= 0.3 is 0 Å². The molecule has 4 N–H and O–H groups in total. The van der Waals surface area contributed by atoms with Crippen LogP contribution >= 0.6 is 0 Å². The first-order valence-corrected chi connectivity index (χ1v) is 15.8. The standard InChI is InChI=1S/C38H40N4O3/c43-37(34-24-29-14-7-8-15-30(29)25-35(34)45-38(44)31-16-9-21-39-26-31)41-23-22-40-32-17-19-33(20-18-32)42-36(27-10-3-1-4-11-27)28-12-5-2-6-13-28/h1-16,21,24-26,32-33,36,38,40,42,44H,17-20,22-23H2,(H,41,43). The number of hydrogen-bond donors (Lipinski definition) is 4. The van der Waals surface area contributed by atoms with Crippen LogP contribution in [0.5, 0.6) is 5.75 Å². The van der Waals surface area contributed by atoms with Gasteiger partial charge in [0.25, 0.3) is 5.91 Å². The van der Waals surface area contributed by atoms with E-state index in [1.165, 1.54) is 11.1 Å². The molecule has 1 fully saturated rings. The van der Waals surface area contributed by atoms with Crippen LogP contribution in [0.3, 0.4) is 0 Å². The number of ether oxygens (including phenoxy) is 1. The summed E-state index contributed by atoms with van der Waals surface area (Å²) in [6, 6.07) is 37.2. The third-order valence-corrected chi connectivity index (χ3v) is 8.54. The lowest BCUT2D eigenvalue weighted by atomic mass is 9.89. The van der Waals surface area contributed by atoms with Crippen molar-refractivity contribution in [2.45, 2.75) is 50.1 Å². The fraction of sp³-hybridized carbons (Fsp3) is 0.263. The van der Waals surface area contributed by atoms with Crippen LogP contribution < -0.4 is 20.7 Å². The molecular formula is C38H40N4O3. The molecule has 230 valence electrons. The first-order valence-electron chi connectivity index (χ1n) is 15.8. The highest BCUT2D eigenvalue weighted by molar-refractivity contribution is 6.01. The summed E-state index contributed by atoms with van der Waals surface area (Å²) in [6.45, 7) is 1.16. The molecule has 7 heteroatoms. The Kier molecular flexibility index (Phi) is 10.1. The van der Waals surface area contributed by atoms with Crippen molar-refractivity contribution < 1.29 is 14.6 Å². The van der Waals surface area contributed by atoms with Gasteiger partial charge in [0.15, 0.2) is 0 Å². The minimum Gasteiger partial charge on any atom is -0.460 e. The van der Waals surface area contributed by atoms with Gasteiger partial charge in [-0.2, -0.15) is 0 Å². The number of aliphatic hydroxyl groups is 1. The van der Waals surface area contributed by atoms with E-state index in [2.05, 4.69) is 81.6 Å². The van der Waals surface area contributed by atoms with Gasteiger partial charge in [0.2, 0.25) is 6.29 Å². The average Bonchev–Trinajstić information content (AvgIpc) is 3.10. The summed E-state index contributed by atoms with van der Waals surface area (Å²) < 4.78 is 5.89. The number of carbonyl (C=O) groups excluding carboxylic acids is 1. The fourth-order valence-corrected chi connectivity index (χ4v) is 6.13. The van der Waals surface area contributed by atoms with Gasteiger partial charge in [-0.25, -0.2) is 0 Å². The molecule has 7 nitrogen and oxygen atoms in total. The molecule has 1 amide bonds. The zero-order valence-electron chi connectivity index (χ0n) is 25.3. The number of hydrogen-bond acceptors (Lipinski definition) is 6. The number of fused-ring (bicyclic) bond motifs is 1. The fourth-order valence-electron chi connectivity index (χ4n) is 6.13. The maximum Gasteiger partial charge on any atom is 0.255 e. The molecule has 0 bridgehead atoms. The number of aromatic nitrogens is 1. The van der Waals surface area contributed by atoms with Crippen LogP contribution in [0.2, 0.25) is 0 Å². The van der Waals surface area contributed by atoms with E-state index in [9.17, 15) is 9.90 Å². The van der Waals surface area contributed by atoms with Gasteiger partial charge in [-0.05, 0) is 71.8 Å². The minimum atomic E-state index is -1.24. The van der Waals surface area contributed by atoms with Crippen molar-refractivity contribution in [3.8, 4) is 5.75 Å². The Balaban J connectivity index is 1.01. The van der Waals surface area contributed by atoms with Crippen LogP contribution in [0.1, 0.15) is 65.1 Å². The molecule has 1 aliphatic carbocycles. The van der Waals surface area contributed by atoms with Gasteiger partial charge < -0.3 is 25.8 Å². The summed E-state index contributed by atoms with van der Waals surface area (Å²) in [5.41, 5.74) is 3.47. The van der Waals surface area contributed by atoms with Crippen molar-refractivity contribution in [2.24, 2.45) is 0 Å². The summed E-state index contributed by atoms with van der Waals surface area (Å²) in [5.74, 6) is 0.0855. The van der Waals surface area contributed by atoms with E-state index >= 15 is 0 Å². The van der Waals surface area contributed by atoms with Crippen molar-refractivity contribution in [3.63, 3.8) is 0 Å². The molecule has 0 radical (unpaired) electrons. The molecular weight excluding hydrogens is 560 g/mol. The molecule has 1 heterocycles. The van der Waals surface area contributed by atoms with Gasteiger partial charge in [-0.1, -0.05) is 84.9 Å². The van der Waals surface area contributed by atoms with Crippen molar-refractivity contribution >= 4 is 16.7 Å². The predicted molar refractivity (Wildman–Crippen MR) is 178 cm³/mol. The van der Waals surface area contributed by atoms with Crippen molar-refractivity contribution in [1.82, 2.24) is 20.9 Å². The summed E-state index contributed by atoms with van der Waals surface area (Å²) in [7, 11) is 0. The maximum absolute atomic E-state index is 13.3. The summed E-state index contributed by atoms with van der Waals surface area (Å²) in [4.78, 5) is 17.4. The van der Waals surface area contributed by atoms with Crippen LogP contribution in [0.4, 0.5) is 0 Å². The molecule has 45 heavy (non-hydrogen) atoms. The molecule has 5 aromatic rings. The van der Waals surface area contributed by atoms with Crippen LogP contribution in [0.25, 0.3) is 10.8 Å². The summed E-state index contributed by atoms with van der Waals surface area (Å²) in [6.07, 6.45) is 6.29. The third kappa shape index (κ3) is 7.94. The van der Waals surface area contributed by atoms with E-state index in [1.54, 1.807) is 30.6 Å². The number of pyridine rings is 1. The number of benzene rings is 4. The molecule has 1 atom stereocenters.